The minimum Gasteiger partial charge on any atom is -0.487 e. The van der Waals surface area contributed by atoms with Crippen LogP contribution >= 0.6 is 23.4 Å². The van der Waals surface area contributed by atoms with Crippen LogP contribution in [0.2, 0.25) is 5.02 Å². The molecule has 1 aliphatic heterocycles. The van der Waals surface area contributed by atoms with Gasteiger partial charge in [0, 0.05) is 29.6 Å². The first-order chi connectivity index (χ1) is 17.9. The van der Waals surface area contributed by atoms with E-state index in [1.807, 2.05) is 18.4 Å². The number of hydrogen-bond donors (Lipinski definition) is 3. The van der Waals surface area contributed by atoms with Crippen molar-refractivity contribution in [2.45, 2.75) is 30.4 Å². The molecule has 4 rings (SSSR count). The molecule has 0 radical (unpaired) electrons. The van der Waals surface area contributed by atoms with Gasteiger partial charge >= 0.3 is 0 Å². The number of aromatic nitrogens is 2. The number of hydrogen-bond acceptors (Lipinski definition) is 8. The summed E-state index contributed by atoms with van der Waals surface area (Å²) < 4.78 is 5.94. The fraction of sp³-hybridized carbons (Fsp3) is 0.259. The van der Waals surface area contributed by atoms with Gasteiger partial charge < -0.3 is 20.7 Å². The molecule has 2 aromatic carbocycles. The van der Waals surface area contributed by atoms with Crippen LogP contribution in [0.15, 0.2) is 66.3 Å². The average molecular weight is 537 g/mol. The van der Waals surface area contributed by atoms with Crippen molar-refractivity contribution in [2.24, 2.45) is 0 Å². The Morgan fingerprint density at radius 3 is 2.95 bits per heavy atom. The Hall–Kier alpha value is -3.56. The van der Waals surface area contributed by atoms with Crippen molar-refractivity contribution in [3.05, 3.63) is 83.2 Å². The second kappa shape index (κ2) is 12.1. The molecule has 1 amide bonds. The number of carbonyl (C=O) groups excluding carboxylic acids is 1. The third-order valence-corrected chi connectivity index (χ3v) is 7.14. The van der Waals surface area contributed by atoms with Gasteiger partial charge in [-0.3, -0.25) is 10.2 Å². The highest BCUT2D eigenvalue weighted by molar-refractivity contribution is 7.98. The van der Waals surface area contributed by atoms with Gasteiger partial charge in [-0.25, -0.2) is 9.97 Å². The lowest BCUT2D eigenvalue weighted by Crippen LogP contribution is -2.44. The van der Waals surface area contributed by atoms with Gasteiger partial charge in [0.2, 0.25) is 5.91 Å². The van der Waals surface area contributed by atoms with Crippen molar-refractivity contribution in [3.63, 3.8) is 0 Å². The fourth-order valence-electron chi connectivity index (χ4n) is 4.21. The number of carbonyl (C=O) groups is 1. The first-order valence-electron chi connectivity index (χ1n) is 11.8. The number of thioether (sulfide) groups is 1. The van der Waals surface area contributed by atoms with Crippen LogP contribution < -0.4 is 15.8 Å². The van der Waals surface area contributed by atoms with Gasteiger partial charge in [0.05, 0.1) is 16.3 Å². The van der Waals surface area contributed by atoms with Crippen molar-refractivity contribution in [1.82, 2.24) is 14.9 Å². The predicted octanol–water partition coefficient (Wildman–Crippen LogP) is 5.02. The molecule has 1 atom stereocenters. The number of nitrogens with two attached hydrogens (primary N) is 1. The number of likely N-dealkylation sites (tertiary alicyclic amines) is 1. The summed E-state index contributed by atoms with van der Waals surface area (Å²) in [6, 6.07) is 13.3. The number of piperidine rings is 1. The number of anilines is 2. The van der Waals surface area contributed by atoms with E-state index in [0.29, 0.717) is 47.4 Å². The number of nitrogens with zero attached hydrogens (tertiary/aromatic N) is 3. The molecule has 2 heterocycles. The molecule has 0 saturated carbocycles. The monoisotopic (exact) mass is 536 g/mol. The smallest absolute Gasteiger partial charge is 0.246 e. The fourth-order valence-corrected chi connectivity index (χ4v) is 4.93. The molecular formula is C27H29ClN6O2S. The molecule has 1 aromatic heterocycles. The highest BCUT2D eigenvalue weighted by Gasteiger charge is 2.25. The summed E-state index contributed by atoms with van der Waals surface area (Å²) in [5, 5.41) is 12.6. The molecule has 0 bridgehead atoms. The van der Waals surface area contributed by atoms with Crippen molar-refractivity contribution in [2.75, 3.05) is 30.4 Å². The highest BCUT2D eigenvalue weighted by atomic mass is 35.5. The van der Waals surface area contributed by atoms with Crippen molar-refractivity contribution in [3.8, 4) is 5.75 Å². The van der Waals surface area contributed by atoms with E-state index < -0.39 is 0 Å². The number of nitrogen functional groups attached to an aromatic ring is 1. The summed E-state index contributed by atoms with van der Waals surface area (Å²) in [5.74, 6) is 1.05. The lowest BCUT2D eigenvalue weighted by molar-refractivity contribution is -0.127. The van der Waals surface area contributed by atoms with E-state index in [4.69, 9.17) is 27.5 Å². The minimum absolute atomic E-state index is 0.0394. The zero-order valence-electron chi connectivity index (χ0n) is 20.5. The lowest BCUT2D eigenvalue weighted by atomic mass is 10.0. The van der Waals surface area contributed by atoms with Gasteiger partial charge in [-0.15, -0.1) is 11.8 Å². The van der Waals surface area contributed by atoms with Crippen LogP contribution in [0.1, 0.15) is 29.5 Å². The first kappa shape index (κ1) is 26.5. The Labute approximate surface area is 225 Å². The number of halogens is 1. The van der Waals surface area contributed by atoms with Crippen LogP contribution in [-0.4, -0.2) is 51.9 Å². The molecule has 10 heteroatoms. The van der Waals surface area contributed by atoms with E-state index >= 15 is 0 Å². The number of benzene rings is 2. The van der Waals surface area contributed by atoms with Gasteiger partial charge in [0.25, 0.3) is 0 Å². The normalized spacial score (nSPS) is 15.2. The highest BCUT2D eigenvalue weighted by Crippen LogP contribution is 2.30. The van der Waals surface area contributed by atoms with Gasteiger partial charge in [0.1, 0.15) is 30.3 Å². The molecule has 1 unspecified atom stereocenters. The standard InChI is InChI=1S/C27H29ClN6O2S/c1-3-23(35)34-11-5-7-19(14-34)33-27-24(26(30)31-16-32-27)25(29)18-9-10-22(21(28)13-18)36-15-17-6-4-8-20(12-17)37-2/h3-4,6,8-10,12-13,16,19,29H,1,5,7,11,14-15H2,2H3,(H3,30,31,32,33). The molecule has 1 fully saturated rings. The van der Waals surface area contributed by atoms with Crippen LogP contribution in [0.3, 0.4) is 0 Å². The Bertz CT molecular complexity index is 1320. The van der Waals surface area contributed by atoms with Gasteiger partial charge in [-0.05, 0) is 61.1 Å². The first-order valence-corrected chi connectivity index (χ1v) is 13.4. The van der Waals surface area contributed by atoms with Crippen LogP contribution in [0.25, 0.3) is 0 Å². The summed E-state index contributed by atoms with van der Waals surface area (Å²) in [6.07, 6.45) is 6.42. The second-order valence-corrected chi connectivity index (χ2v) is 9.90. The van der Waals surface area contributed by atoms with Crippen LogP contribution in [0.4, 0.5) is 11.6 Å². The van der Waals surface area contributed by atoms with E-state index in [-0.39, 0.29) is 23.5 Å². The van der Waals surface area contributed by atoms with Crippen LogP contribution in [0.5, 0.6) is 5.75 Å². The van der Waals surface area contributed by atoms with Crippen LogP contribution in [0, 0.1) is 5.41 Å². The topological polar surface area (TPSA) is 117 Å². The van der Waals surface area contributed by atoms with E-state index in [1.54, 1.807) is 34.9 Å². The summed E-state index contributed by atoms with van der Waals surface area (Å²) >= 11 is 8.21. The Kier molecular flexibility index (Phi) is 8.68. The number of ether oxygens (including phenoxy) is 1. The second-order valence-electron chi connectivity index (χ2n) is 8.61. The van der Waals surface area contributed by atoms with Gasteiger partial charge in [0.15, 0.2) is 0 Å². The molecule has 8 nitrogen and oxygen atoms in total. The molecule has 0 aliphatic carbocycles. The Morgan fingerprint density at radius 2 is 2.19 bits per heavy atom. The average Bonchev–Trinajstić information content (AvgIpc) is 2.92. The van der Waals surface area contributed by atoms with E-state index in [1.165, 1.54) is 12.4 Å². The lowest BCUT2D eigenvalue weighted by Gasteiger charge is -2.33. The quantitative estimate of drug-likeness (QED) is 0.200. The van der Waals surface area contributed by atoms with Crippen molar-refractivity contribution in [1.29, 1.82) is 5.41 Å². The molecule has 37 heavy (non-hydrogen) atoms. The summed E-state index contributed by atoms with van der Waals surface area (Å²) in [7, 11) is 0. The third kappa shape index (κ3) is 6.42. The molecule has 1 saturated heterocycles. The van der Waals surface area contributed by atoms with Crippen molar-refractivity contribution < 1.29 is 9.53 Å². The maximum absolute atomic E-state index is 12.1. The Balaban J connectivity index is 1.50. The molecule has 1 aliphatic rings. The van der Waals surface area contributed by atoms with Crippen LogP contribution in [-0.2, 0) is 11.4 Å². The van der Waals surface area contributed by atoms with Gasteiger partial charge in [-0.2, -0.15) is 0 Å². The molecule has 0 spiro atoms. The maximum Gasteiger partial charge on any atom is 0.246 e. The van der Waals surface area contributed by atoms with Crippen molar-refractivity contribution >= 4 is 46.6 Å². The molecule has 3 aromatic rings. The van der Waals surface area contributed by atoms with E-state index in [2.05, 4.69) is 34.0 Å². The number of nitrogens with one attached hydrogen (secondary N) is 2. The SMILES string of the molecule is C=CC(=O)N1CCCC(Nc2ncnc(N)c2C(=N)c2ccc(OCc3cccc(SC)c3)c(Cl)c2)C1. The minimum atomic E-state index is -0.101. The molecular weight excluding hydrogens is 508 g/mol. The molecule has 4 N–H and O–H groups in total. The number of rotatable bonds is 9. The third-order valence-electron chi connectivity index (χ3n) is 6.12. The summed E-state index contributed by atoms with van der Waals surface area (Å²) in [5.41, 5.74) is 8.31. The number of amides is 1. The largest absolute Gasteiger partial charge is 0.487 e. The predicted molar refractivity (Wildman–Crippen MR) is 150 cm³/mol. The van der Waals surface area contributed by atoms with Gasteiger partial charge in [-0.1, -0.05) is 30.3 Å². The Morgan fingerprint density at radius 1 is 1.35 bits per heavy atom. The van der Waals surface area contributed by atoms with E-state index in [9.17, 15) is 4.79 Å². The zero-order valence-corrected chi connectivity index (χ0v) is 22.1. The zero-order chi connectivity index (χ0) is 26.4. The summed E-state index contributed by atoms with van der Waals surface area (Å²) in [4.78, 5) is 23.4. The maximum atomic E-state index is 12.1. The molecule has 192 valence electrons. The van der Waals surface area contributed by atoms with E-state index in [0.717, 1.165) is 23.3 Å². The summed E-state index contributed by atoms with van der Waals surface area (Å²) in [6.45, 7) is 5.16.